The smallest absolute Gasteiger partial charge is 0.261 e. The van der Waals surface area contributed by atoms with Crippen LogP contribution in [0.2, 0.25) is 5.04 Å². The Morgan fingerprint density at radius 3 is 2.23 bits per heavy atom. The molecule has 1 N–H and O–H groups in total. The third-order valence-electron chi connectivity index (χ3n) is 12.0. The summed E-state index contributed by atoms with van der Waals surface area (Å²) in [7, 11) is -2.79. The van der Waals surface area contributed by atoms with Gasteiger partial charge in [0.1, 0.15) is 0 Å². The zero-order valence-corrected chi connectivity index (χ0v) is 28.1. The van der Waals surface area contributed by atoms with Crippen molar-refractivity contribution in [1.82, 2.24) is 0 Å². The maximum Gasteiger partial charge on any atom is 0.261 e. The zero-order chi connectivity index (χ0) is 31.8. The van der Waals surface area contributed by atoms with Gasteiger partial charge in [0.25, 0.3) is 8.32 Å². The second-order valence-electron chi connectivity index (χ2n) is 15.0. The van der Waals surface area contributed by atoms with Crippen LogP contribution in [0.5, 0.6) is 0 Å². The van der Waals surface area contributed by atoms with E-state index in [0.29, 0.717) is 24.5 Å². The summed E-state index contributed by atoms with van der Waals surface area (Å²) in [5.41, 5.74) is 10.8. The van der Waals surface area contributed by atoms with Gasteiger partial charge in [0.15, 0.2) is 5.78 Å². The SMILES string of the molecule is C=C1CC[C@H]2[C@H](CO[Si](c3ccccc3)(c3ccccc3)C(C)(C)C)[C@@H]([C@@]3(C)CC(=CO)C(=O)C[C@@H]3CN=[N+]=[N-])CC[C@]12C. The van der Waals surface area contributed by atoms with Crippen LogP contribution >= 0.6 is 0 Å². The molecule has 44 heavy (non-hydrogen) atoms. The molecule has 0 saturated heterocycles. The topological polar surface area (TPSA) is 95.3 Å². The highest BCUT2D eigenvalue weighted by molar-refractivity contribution is 6.99. The van der Waals surface area contributed by atoms with Crippen molar-refractivity contribution in [3.8, 4) is 0 Å². The van der Waals surface area contributed by atoms with E-state index in [0.717, 1.165) is 31.9 Å². The molecular formula is C37H49N3O3Si. The number of nitrogens with zero attached hydrogens (tertiary/aromatic N) is 3. The zero-order valence-electron chi connectivity index (χ0n) is 27.1. The molecule has 0 aliphatic heterocycles. The van der Waals surface area contributed by atoms with Gasteiger partial charge in [-0.2, -0.15) is 0 Å². The minimum atomic E-state index is -2.79. The quantitative estimate of drug-likeness (QED) is 0.0619. The van der Waals surface area contributed by atoms with Crippen molar-refractivity contribution in [3.05, 3.63) is 95.1 Å². The van der Waals surface area contributed by atoms with Gasteiger partial charge in [-0.05, 0) is 87.5 Å². The monoisotopic (exact) mass is 611 g/mol. The maximum atomic E-state index is 13.0. The van der Waals surface area contributed by atoms with Crippen molar-refractivity contribution in [2.24, 2.45) is 39.6 Å². The molecule has 3 aliphatic carbocycles. The molecule has 0 spiro atoms. The number of hydrogen-bond donors (Lipinski definition) is 1. The van der Waals surface area contributed by atoms with Crippen LogP contribution in [0.4, 0.5) is 0 Å². The van der Waals surface area contributed by atoms with Crippen LogP contribution in [0.25, 0.3) is 10.4 Å². The van der Waals surface area contributed by atoms with Gasteiger partial charge in [0, 0.05) is 30.1 Å². The molecule has 0 heterocycles. The number of benzene rings is 2. The lowest BCUT2D eigenvalue weighted by Crippen LogP contribution is -2.67. The number of aliphatic hydroxyl groups is 1. The first kappa shape index (κ1) is 32.3. The number of azide groups is 1. The molecule has 0 amide bonds. The highest BCUT2D eigenvalue weighted by Crippen LogP contribution is 2.64. The van der Waals surface area contributed by atoms with E-state index < -0.39 is 8.32 Å². The summed E-state index contributed by atoms with van der Waals surface area (Å²) in [6, 6.07) is 21.6. The Hall–Kier alpha value is -3.12. The fourth-order valence-electron chi connectivity index (χ4n) is 9.43. The summed E-state index contributed by atoms with van der Waals surface area (Å²) in [5.74, 6) is 0.720. The third-order valence-corrected chi connectivity index (χ3v) is 17.0. The van der Waals surface area contributed by atoms with Crippen molar-refractivity contribution < 1.29 is 14.3 Å². The van der Waals surface area contributed by atoms with Gasteiger partial charge < -0.3 is 9.53 Å². The Kier molecular flexibility index (Phi) is 9.05. The molecule has 0 aromatic heterocycles. The summed E-state index contributed by atoms with van der Waals surface area (Å²) < 4.78 is 7.65. The molecule has 3 fully saturated rings. The number of rotatable bonds is 8. The Morgan fingerprint density at radius 2 is 1.68 bits per heavy atom. The van der Waals surface area contributed by atoms with Gasteiger partial charge in [0.2, 0.25) is 0 Å². The van der Waals surface area contributed by atoms with E-state index in [1.807, 2.05) is 0 Å². The lowest BCUT2D eigenvalue weighted by molar-refractivity contribution is -0.124. The van der Waals surface area contributed by atoms with Crippen molar-refractivity contribution in [2.45, 2.75) is 78.2 Å². The number of allylic oxidation sites excluding steroid dienone is 2. The second kappa shape index (κ2) is 12.3. The van der Waals surface area contributed by atoms with Crippen LogP contribution in [-0.4, -0.2) is 32.4 Å². The molecule has 6 nitrogen and oxygen atoms in total. The second-order valence-corrected chi connectivity index (χ2v) is 19.3. The normalized spacial score (nSPS) is 31.9. The van der Waals surface area contributed by atoms with E-state index in [2.05, 4.69) is 112 Å². The summed E-state index contributed by atoms with van der Waals surface area (Å²) >= 11 is 0. The van der Waals surface area contributed by atoms with Crippen LogP contribution in [0.15, 0.2) is 89.8 Å². The number of carbonyl (C=O) groups excluding carboxylic acids is 1. The lowest BCUT2D eigenvalue weighted by atomic mass is 9.49. The number of Topliss-reactive ketones (excluding diaryl/α,β-unsaturated/α-hetero) is 1. The average molecular weight is 612 g/mol. The van der Waals surface area contributed by atoms with Gasteiger partial charge in [-0.15, -0.1) is 0 Å². The van der Waals surface area contributed by atoms with Crippen LogP contribution in [0.3, 0.4) is 0 Å². The minimum absolute atomic E-state index is 0.0434. The molecule has 0 unspecified atom stereocenters. The molecule has 234 valence electrons. The first-order valence-corrected chi connectivity index (χ1v) is 18.1. The van der Waals surface area contributed by atoms with Crippen molar-refractivity contribution in [2.75, 3.05) is 13.2 Å². The highest BCUT2D eigenvalue weighted by Gasteiger charge is 2.59. The van der Waals surface area contributed by atoms with E-state index >= 15 is 0 Å². The van der Waals surface area contributed by atoms with Crippen molar-refractivity contribution in [1.29, 1.82) is 0 Å². The molecule has 2 aromatic carbocycles. The van der Waals surface area contributed by atoms with Crippen LogP contribution in [0, 0.1) is 34.5 Å². The predicted molar refractivity (Wildman–Crippen MR) is 180 cm³/mol. The molecule has 0 bridgehead atoms. The van der Waals surface area contributed by atoms with E-state index in [1.165, 1.54) is 15.9 Å². The first-order valence-electron chi connectivity index (χ1n) is 16.2. The van der Waals surface area contributed by atoms with Crippen LogP contribution < -0.4 is 10.4 Å². The molecule has 3 saturated carbocycles. The van der Waals surface area contributed by atoms with Crippen molar-refractivity contribution >= 4 is 24.5 Å². The Bertz CT molecular complexity index is 1410. The molecule has 7 heteroatoms. The number of fused-ring (bicyclic) bond motifs is 1. The van der Waals surface area contributed by atoms with Crippen LogP contribution in [-0.2, 0) is 9.22 Å². The van der Waals surface area contributed by atoms with Gasteiger partial charge in [0.05, 0.1) is 6.26 Å². The Labute approximate surface area is 264 Å². The van der Waals surface area contributed by atoms with E-state index in [9.17, 15) is 15.4 Å². The standard InChI is InChI=1S/C37H49N3O3Si/c1-26-17-18-32-31(25-43-44(35(2,3)4,29-13-9-7-10-14-29)30-15-11-8-12-16-30)33(19-20-36(26,32)5)37(6)22-27(24-41)34(42)21-28(37)23-39-40-38/h7-16,24,28,31-33,41H,1,17-23,25H2,2-6H3/t28-,31+,32+,33+,36-,37+/m1/s1. The maximum absolute atomic E-state index is 13.0. The van der Waals surface area contributed by atoms with E-state index in [-0.39, 0.29) is 52.4 Å². The Morgan fingerprint density at radius 1 is 1.07 bits per heavy atom. The fraction of sp³-hybridized carbons (Fsp3) is 0.541. The largest absolute Gasteiger partial charge is 0.515 e. The summed E-state index contributed by atoms with van der Waals surface area (Å²) in [5, 5.41) is 16.5. The van der Waals surface area contributed by atoms with E-state index in [4.69, 9.17) is 4.43 Å². The molecule has 6 atom stereocenters. The highest BCUT2D eigenvalue weighted by atomic mass is 28.4. The van der Waals surface area contributed by atoms with Gasteiger partial charge in [-0.25, -0.2) is 0 Å². The molecule has 5 rings (SSSR count). The third kappa shape index (κ3) is 5.37. The van der Waals surface area contributed by atoms with Crippen LogP contribution in [0.1, 0.15) is 73.1 Å². The summed E-state index contributed by atoms with van der Waals surface area (Å²) in [6.07, 6.45) is 5.93. The lowest BCUT2D eigenvalue weighted by Gasteiger charge is -2.57. The number of ketones is 1. The summed E-state index contributed by atoms with van der Waals surface area (Å²) in [4.78, 5) is 16.1. The number of aliphatic hydroxyl groups excluding tert-OH is 1. The summed E-state index contributed by atoms with van der Waals surface area (Å²) in [6.45, 7) is 17.1. The van der Waals surface area contributed by atoms with Gasteiger partial charge >= 0.3 is 0 Å². The molecule has 2 aromatic rings. The number of carbonyl (C=O) groups is 1. The molecule has 0 radical (unpaired) electrons. The van der Waals surface area contributed by atoms with Gasteiger partial charge in [-0.1, -0.05) is 113 Å². The number of hydrogen-bond acceptors (Lipinski definition) is 4. The average Bonchev–Trinajstić information content (AvgIpc) is 3.32. The fourth-order valence-corrected chi connectivity index (χ4v) is 14.0. The van der Waals surface area contributed by atoms with Gasteiger partial charge in [-0.3, -0.25) is 4.79 Å². The predicted octanol–water partition coefficient (Wildman–Crippen LogP) is 8.30. The minimum Gasteiger partial charge on any atom is -0.515 e. The first-order chi connectivity index (χ1) is 20.9. The Balaban J connectivity index is 1.63. The molecular weight excluding hydrogens is 563 g/mol. The van der Waals surface area contributed by atoms with E-state index in [1.54, 1.807) is 0 Å². The van der Waals surface area contributed by atoms with Crippen molar-refractivity contribution in [3.63, 3.8) is 0 Å². The molecule has 3 aliphatic rings.